The minimum atomic E-state index is -0.634. The summed E-state index contributed by atoms with van der Waals surface area (Å²) in [6.45, 7) is 0.309. The van der Waals surface area contributed by atoms with E-state index in [1.54, 1.807) is 36.4 Å². The largest absolute Gasteiger partial charge is 0.488 e. The van der Waals surface area contributed by atoms with Gasteiger partial charge in [0.1, 0.15) is 17.9 Å². The molecular formula is C20H19ClO4. The first-order valence-corrected chi connectivity index (χ1v) is 8.71. The van der Waals surface area contributed by atoms with Gasteiger partial charge in [-0.1, -0.05) is 35.9 Å². The second-order valence-electron chi connectivity index (χ2n) is 6.02. The van der Waals surface area contributed by atoms with Gasteiger partial charge in [0.2, 0.25) is 0 Å². The first-order chi connectivity index (χ1) is 12.1. The van der Waals surface area contributed by atoms with Crippen LogP contribution in [0.4, 0.5) is 0 Å². The van der Waals surface area contributed by atoms with Gasteiger partial charge in [0.05, 0.1) is 0 Å². The van der Waals surface area contributed by atoms with E-state index in [1.165, 1.54) is 0 Å². The Balaban J connectivity index is 1.68. The molecule has 1 saturated carbocycles. The Bertz CT molecular complexity index is 755. The number of para-hydroxylation sites is 1. The maximum Gasteiger partial charge on any atom is 0.342 e. The second-order valence-corrected chi connectivity index (χ2v) is 6.45. The van der Waals surface area contributed by atoms with Gasteiger partial charge in [-0.05, 0) is 49.1 Å². The molecule has 2 aromatic rings. The highest BCUT2D eigenvalue weighted by Crippen LogP contribution is 2.24. The van der Waals surface area contributed by atoms with Gasteiger partial charge in [-0.25, -0.2) is 4.79 Å². The average Bonchev–Trinajstić information content (AvgIpc) is 2.63. The molecule has 0 heterocycles. The van der Waals surface area contributed by atoms with Crippen LogP contribution in [0.5, 0.6) is 5.75 Å². The van der Waals surface area contributed by atoms with Crippen LogP contribution in [0.15, 0.2) is 48.5 Å². The second kappa shape index (κ2) is 8.17. The van der Waals surface area contributed by atoms with Crippen molar-refractivity contribution in [1.29, 1.82) is 0 Å². The van der Waals surface area contributed by atoms with Crippen LogP contribution in [0.2, 0.25) is 5.02 Å². The van der Waals surface area contributed by atoms with Crippen LogP contribution in [-0.2, 0) is 16.1 Å². The van der Waals surface area contributed by atoms with Crippen LogP contribution >= 0.6 is 11.6 Å². The van der Waals surface area contributed by atoms with Gasteiger partial charge < -0.3 is 9.47 Å². The van der Waals surface area contributed by atoms with Gasteiger partial charge in [-0.2, -0.15) is 0 Å². The Morgan fingerprint density at radius 3 is 2.60 bits per heavy atom. The number of hydrogen-bond acceptors (Lipinski definition) is 4. The summed E-state index contributed by atoms with van der Waals surface area (Å²) in [5.41, 5.74) is 1.27. The molecule has 2 aromatic carbocycles. The molecule has 3 rings (SSSR count). The first-order valence-electron chi connectivity index (χ1n) is 8.33. The normalized spacial score (nSPS) is 17.2. The predicted octanol–water partition coefficient (Wildman–Crippen LogP) is 4.59. The monoisotopic (exact) mass is 358 g/mol. The highest BCUT2D eigenvalue weighted by Gasteiger charge is 2.27. The lowest BCUT2D eigenvalue weighted by Gasteiger charge is -2.21. The Labute approximate surface area is 151 Å². The smallest absolute Gasteiger partial charge is 0.342 e. The van der Waals surface area contributed by atoms with E-state index >= 15 is 0 Å². The van der Waals surface area contributed by atoms with E-state index in [4.69, 9.17) is 21.1 Å². The van der Waals surface area contributed by atoms with Gasteiger partial charge in [-0.3, -0.25) is 4.79 Å². The standard InChI is InChI=1S/C20H19ClO4/c21-15-11-9-14(10-12-15)13-24-18-7-3-1-5-16(18)20(23)25-19-8-4-2-6-17(19)22/h1,3,5,7,9-12,19H,2,4,6,8,13H2/t19-/m1/s1. The summed E-state index contributed by atoms with van der Waals surface area (Å²) in [6.07, 6.45) is 2.21. The highest BCUT2D eigenvalue weighted by atomic mass is 35.5. The summed E-state index contributed by atoms with van der Waals surface area (Å²) in [5.74, 6) is -0.0863. The molecule has 0 radical (unpaired) electrons. The Kier molecular flexibility index (Phi) is 5.71. The van der Waals surface area contributed by atoms with Crippen molar-refractivity contribution in [2.24, 2.45) is 0 Å². The van der Waals surface area contributed by atoms with Crippen molar-refractivity contribution in [2.75, 3.05) is 0 Å². The number of ether oxygens (including phenoxy) is 2. The fourth-order valence-corrected chi connectivity index (χ4v) is 2.90. The highest BCUT2D eigenvalue weighted by molar-refractivity contribution is 6.30. The van der Waals surface area contributed by atoms with Gasteiger partial charge in [0.15, 0.2) is 11.9 Å². The summed E-state index contributed by atoms with van der Waals surface area (Å²) in [6, 6.07) is 14.2. The Hall–Kier alpha value is -2.33. The molecule has 0 bridgehead atoms. The van der Waals surface area contributed by atoms with E-state index in [2.05, 4.69) is 0 Å². The number of carbonyl (C=O) groups is 2. The SMILES string of the molecule is O=C(O[C@@H]1CCCCC1=O)c1ccccc1OCc1ccc(Cl)cc1. The molecule has 0 amide bonds. The van der Waals surface area contributed by atoms with E-state index in [0.29, 0.717) is 35.8 Å². The minimum Gasteiger partial charge on any atom is -0.488 e. The maximum atomic E-state index is 12.5. The number of ketones is 1. The van der Waals surface area contributed by atoms with Crippen LogP contribution < -0.4 is 4.74 Å². The topological polar surface area (TPSA) is 52.6 Å². The van der Waals surface area contributed by atoms with Crippen molar-refractivity contribution in [3.8, 4) is 5.75 Å². The molecule has 1 aliphatic carbocycles. The molecule has 130 valence electrons. The van der Waals surface area contributed by atoms with E-state index in [1.807, 2.05) is 12.1 Å². The van der Waals surface area contributed by atoms with Gasteiger partial charge in [-0.15, -0.1) is 0 Å². The number of halogens is 1. The average molecular weight is 359 g/mol. The molecule has 1 aliphatic rings. The molecule has 25 heavy (non-hydrogen) atoms. The van der Waals surface area contributed by atoms with Crippen molar-refractivity contribution >= 4 is 23.4 Å². The molecule has 5 heteroatoms. The molecule has 0 N–H and O–H groups in total. The fraction of sp³-hybridized carbons (Fsp3) is 0.300. The van der Waals surface area contributed by atoms with Crippen LogP contribution in [0, 0.1) is 0 Å². The maximum absolute atomic E-state index is 12.5. The molecule has 0 unspecified atom stereocenters. The third-order valence-corrected chi connectivity index (χ3v) is 4.41. The van der Waals surface area contributed by atoms with Gasteiger partial charge in [0.25, 0.3) is 0 Å². The number of Topliss-reactive ketones (excluding diaryl/α,β-unsaturated/α-hetero) is 1. The summed E-state index contributed by atoms with van der Waals surface area (Å²) < 4.78 is 11.2. The van der Waals surface area contributed by atoms with E-state index in [0.717, 1.165) is 18.4 Å². The summed E-state index contributed by atoms with van der Waals surface area (Å²) >= 11 is 5.87. The first kappa shape index (κ1) is 17.5. The van der Waals surface area contributed by atoms with Crippen LogP contribution in [0.3, 0.4) is 0 Å². The molecule has 1 atom stereocenters. The zero-order chi connectivity index (χ0) is 17.6. The molecule has 0 aliphatic heterocycles. The van der Waals surface area contributed by atoms with E-state index in [9.17, 15) is 9.59 Å². The number of rotatable bonds is 5. The molecule has 1 fully saturated rings. The predicted molar refractivity (Wildman–Crippen MR) is 94.9 cm³/mol. The van der Waals surface area contributed by atoms with Gasteiger partial charge >= 0.3 is 5.97 Å². The van der Waals surface area contributed by atoms with E-state index < -0.39 is 12.1 Å². The lowest BCUT2D eigenvalue weighted by molar-refractivity contribution is -0.129. The molecule has 0 aromatic heterocycles. The fourth-order valence-electron chi connectivity index (χ4n) is 2.77. The van der Waals surface area contributed by atoms with Crippen molar-refractivity contribution in [2.45, 2.75) is 38.4 Å². The number of hydrogen-bond donors (Lipinski definition) is 0. The van der Waals surface area contributed by atoms with Crippen LogP contribution in [0.1, 0.15) is 41.6 Å². The third kappa shape index (κ3) is 4.60. The van der Waals surface area contributed by atoms with Crippen molar-refractivity contribution < 1.29 is 19.1 Å². The summed E-state index contributed by atoms with van der Waals surface area (Å²) in [4.78, 5) is 24.3. The third-order valence-electron chi connectivity index (χ3n) is 4.16. The number of esters is 1. The van der Waals surface area contributed by atoms with Crippen LogP contribution in [0.25, 0.3) is 0 Å². The van der Waals surface area contributed by atoms with Crippen molar-refractivity contribution in [1.82, 2.24) is 0 Å². The Morgan fingerprint density at radius 2 is 1.84 bits per heavy atom. The molecular weight excluding hydrogens is 340 g/mol. The minimum absolute atomic E-state index is 0.000774. The quantitative estimate of drug-likeness (QED) is 0.734. The molecule has 4 nitrogen and oxygen atoms in total. The van der Waals surface area contributed by atoms with Crippen molar-refractivity contribution in [3.05, 3.63) is 64.7 Å². The zero-order valence-corrected chi connectivity index (χ0v) is 14.5. The van der Waals surface area contributed by atoms with Crippen LogP contribution in [-0.4, -0.2) is 17.9 Å². The number of benzene rings is 2. The summed E-state index contributed by atoms with van der Waals surface area (Å²) in [7, 11) is 0. The van der Waals surface area contributed by atoms with E-state index in [-0.39, 0.29) is 5.78 Å². The van der Waals surface area contributed by atoms with Gasteiger partial charge in [0, 0.05) is 11.4 Å². The molecule has 0 saturated heterocycles. The van der Waals surface area contributed by atoms with Crippen molar-refractivity contribution in [3.63, 3.8) is 0 Å². The summed E-state index contributed by atoms with van der Waals surface area (Å²) in [5, 5.41) is 0.657. The zero-order valence-electron chi connectivity index (χ0n) is 13.7. The molecule has 0 spiro atoms. The lowest BCUT2D eigenvalue weighted by atomic mass is 9.96. The lowest BCUT2D eigenvalue weighted by Crippen LogP contribution is -2.30. The Morgan fingerprint density at radius 1 is 1.08 bits per heavy atom. The number of carbonyl (C=O) groups excluding carboxylic acids is 2.